The van der Waals surface area contributed by atoms with E-state index in [1.54, 1.807) is 86.8 Å². The second-order valence-corrected chi connectivity index (χ2v) is 50.1. The zero-order chi connectivity index (χ0) is 101. The normalized spacial score (nSPS) is 19.3. The maximum atomic E-state index is 13.6. The smallest absolute Gasteiger partial charge is 0.260 e. The molecular formula is C98H118F3N27O10S5. The van der Waals surface area contributed by atoms with Crippen molar-refractivity contribution in [3.63, 3.8) is 0 Å². The Bertz CT molecular complexity index is 7600. The van der Waals surface area contributed by atoms with Gasteiger partial charge in [0.2, 0.25) is 11.9 Å². The predicted molar refractivity (Wildman–Crippen MR) is 558 cm³/mol. The van der Waals surface area contributed by atoms with E-state index >= 15 is 0 Å². The summed E-state index contributed by atoms with van der Waals surface area (Å²) in [7, 11) is -11.9. The van der Waals surface area contributed by atoms with Gasteiger partial charge in [-0.2, -0.15) is 41.7 Å². The van der Waals surface area contributed by atoms with Gasteiger partial charge in [0.05, 0.1) is 133 Å². The maximum absolute atomic E-state index is 13.6. The Labute approximate surface area is 831 Å². The van der Waals surface area contributed by atoms with Crippen LogP contribution in [0.1, 0.15) is 84.2 Å². The van der Waals surface area contributed by atoms with E-state index in [0.717, 1.165) is 153 Å². The van der Waals surface area contributed by atoms with E-state index in [0.29, 0.717) is 130 Å². The third-order valence-corrected chi connectivity index (χ3v) is 29.3. The lowest BCUT2D eigenvalue weighted by molar-refractivity contribution is 0.0203. The van der Waals surface area contributed by atoms with Crippen LogP contribution in [0.4, 0.5) is 71.3 Å². The average molecular weight is 2050 g/mol. The highest BCUT2D eigenvalue weighted by atomic mass is 32.2. The highest BCUT2D eigenvalue weighted by molar-refractivity contribution is 7.94. The van der Waals surface area contributed by atoms with Gasteiger partial charge in [-0.1, -0.05) is 54.7 Å². The number of nitrogens with zero attached hydrogens (tertiary/aromatic N) is 27. The minimum Gasteiger partial charge on any atom is -0.377 e. The van der Waals surface area contributed by atoms with Gasteiger partial charge in [0, 0.05) is 229 Å². The van der Waals surface area contributed by atoms with Crippen LogP contribution in [0.3, 0.4) is 0 Å². The number of anilines is 5. The highest BCUT2D eigenvalue weighted by Gasteiger charge is 2.36. The van der Waals surface area contributed by atoms with E-state index in [4.69, 9.17) is 53.6 Å². The molecule has 21 rings (SSSR count). The summed E-state index contributed by atoms with van der Waals surface area (Å²) in [4.78, 5) is 79.0. The molecule has 6 fully saturated rings. The lowest BCUT2D eigenvalue weighted by atomic mass is 10.1. The number of fused-ring (bicyclic) bond motifs is 5. The first-order valence-corrected chi connectivity index (χ1v) is 58.3. The van der Waals surface area contributed by atoms with Crippen LogP contribution in [0.15, 0.2) is 150 Å². The maximum Gasteiger partial charge on any atom is 0.260 e. The second kappa shape index (κ2) is 43.4. The number of ether oxygens (including phenoxy) is 5. The van der Waals surface area contributed by atoms with Gasteiger partial charge in [0.1, 0.15) is 54.0 Å². The Hall–Kier alpha value is -12.2. The number of hydrogen-bond donors (Lipinski definition) is 0. The van der Waals surface area contributed by atoms with Crippen LogP contribution >= 0.6 is 0 Å². The van der Waals surface area contributed by atoms with Gasteiger partial charge >= 0.3 is 0 Å². The standard InChI is InChI=1S/C21H25N5O2S.C20H26N6O2S.C19H21F2N5O2S.C19H22FN5O2S.C19H24N6O2S/c1-14-13-28-9-8-26(14)20-10-19(25-29(2,27)16-6-7-16)23-21(24-20)18-12-22-11-15-4-3-5-17(15)18;1-13-7-6-8-16-19(13)21-15(3)26(16)20-22-17(24-29(4,5)27)11-18(23-20)25-9-10-28-12-14(25)2;1-29(2,27)25-16-10-17(26-8-9-28-11-15(26)18(20)21)24-19(23-16)13-6-7-22-14-5-3-4-12(13)14;1-28(2,26)24-17-10-18(25-8-9-27-12-13(25)11-20)23-19(22-17)15-6-7-21-16-5-3-4-14(15)16;1-13-5-6-15-16(9-13)25(12-20-15)19-21-17(23-28(3,4)26)10-18(22-19)24-7-8-27-11-14(24)2/h3,5,10-12,14,16H,4,6-9,13H2,1-2H3;6-8,11,14H,9-10,12H2,1-5H3;3-4,6-7,10,15,18H,5,8-9,11H2,1-2H3;3-4,6-7,10,13H,5,8-9,11-12H2,1-2H3;5-6,9-10,12,14H,7-8,11H2,1-4H3/t14-,29-;14-;15-;13-;14-/m11011/s1. The first kappa shape index (κ1) is 102. The molecule has 15 heterocycles. The Morgan fingerprint density at radius 3 is 1.40 bits per heavy atom. The summed E-state index contributed by atoms with van der Waals surface area (Å²) in [5.41, 5.74) is 14.4. The zero-order valence-electron chi connectivity index (χ0n) is 82.6. The number of aromatic nitrogens is 17. The van der Waals surface area contributed by atoms with Gasteiger partial charge in [0.15, 0.2) is 46.6 Å². The highest BCUT2D eigenvalue weighted by Crippen LogP contribution is 2.40. The number of morpholine rings is 5. The molecule has 0 bridgehead atoms. The van der Waals surface area contributed by atoms with Crippen molar-refractivity contribution in [3.05, 3.63) is 179 Å². The van der Waals surface area contributed by atoms with Crippen molar-refractivity contribution in [1.82, 2.24) is 83.9 Å². The zero-order valence-corrected chi connectivity index (χ0v) is 86.7. The fourth-order valence-corrected chi connectivity index (χ4v) is 21.4. The van der Waals surface area contributed by atoms with Crippen molar-refractivity contribution in [1.29, 1.82) is 0 Å². The minimum atomic E-state index is -2.59. The molecular weight excluding hydrogens is 1930 g/mol. The Morgan fingerprint density at radius 2 is 0.888 bits per heavy atom. The molecule has 12 aromatic rings. The summed E-state index contributed by atoms with van der Waals surface area (Å²) >= 11 is 0. The molecule has 0 spiro atoms. The van der Waals surface area contributed by atoms with Crippen molar-refractivity contribution in [2.75, 3.05) is 186 Å². The number of imidazole rings is 2. The largest absolute Gasteiger partial charge is 0.377 e. The molecule has 10 aromatic heterocycles. The van der Waals surface area contributed by atoms with Crippen LogP contribution < -0.4 is 24.5 Å². The number of benzene rings is 2. The molecule has 4 aliphatic carbocycles. The lowest BCUT2D eigenvalue weighted by Gasteiger charge is -2.36. The molecule has 756 valence electrons. The summed E-state index contributed by atoms with van der Waals surface area (Å²) in [6.45, 7) is 19.7. The van der Waals surface area contributed by atoms with Gasteiger partial charge in [-0.05, 0) is 113 Å². The quantitative estimate of drug-likeness (QED) is 0.0770. The second-order valence-electron chi connectivity index (χ2n) is 37.4. The SMILES string of the molecule is CS(C)(=O)=Nc1cc(N2CCOC[C@H]2C(F)F)nc(-c2ccnc3c2C=CC3)n1.CS(C)(=O)=Nc1cc(N2CCOC[C@H]2CF)nc(-c2ccnc3c2C=CC3)n1.C[C@@H]1COCCN1c1cc(N=[S@](C)(=O)C2CC2)nc(-c2cncc3c2C=CC3)n1.Cc1ccc2ncn(-c3nc(N=S(C)(C)=O)cc(N4CCOC[C@H]4C)n3)c2c1.Cc1cccc2c1nc(C)n2-c1nc(N=S(C)(C)=O)cc(N2CCOC[C@H]2C)n1. The topological polar surface area (TPSA) is 413 Å². The molecule has 9 aliphatic rings. The number of pyridine rings is 3. The van der Waals surface area contributed by atoms with Crippen molar-refractivity contribution in [2.45, 2.75) is 116 Å². The molecule has 5 saturated heterocycles. The van der Waals surface area contributed by atoms with Crippen molar-refractivity contribution in [2.24, 2.45) is 21.8 Å². The summed E-state index contributed by atoms with van der Waals surface area (Å²) in [5, 5.41) is 0.178. The molecule has 2 aromatic carbocycles. The molecule has 45 heteroatoms. The Morgan fingerprint density at radius 1 is 0.441 bits per heavy atom. The molecule has 0 unspecified atom stereocenters. The van der Waals surface area contributed by atoms with Gasteiger partial charge in [-0.3, -0.25) is 24.1 Å². The molecule has 0 radical (unpaired) electrons. The van der Waals surface area contributed by atoms with Crippen molar-refractivity contribution < 1.29 is 57.9 Å². The number of allylic oxidation sites excluding steroid dienone is 3. The molecule has 6 atom stereocenters. The molecule has 0 N–H and O–H groups in total. The summed E-state index contributed by atoms with van der Waals surface area (Å²) < 4.78 is 156. The van der Waals surface area contributed by atoms with E-state index < -0.39 is 73.8 Å². The van der Waals surface area contributed by atoms with E-state index in [2.05, 4.69) is 120 Å². The van der Waals surface area contributed by atoms with Gasteiger partial charge in [-0.15, -0.1) is 0 Å². The van der Waals surface area contributed by atoms with Crippen molar-refractivity contribution >= 4 is 147 Å². The Kier molecular flexibility index (Phi) is 31.0. The van der Waals surface area contributed by atoms with Gasteiger partial charge < -0.3 is 48.2 Å². The minimum absolute atomic E-state index is 0.0881. The summed E-state index contributed by atoms with van der Waals surface area (Å²) in [6.07, 6.45) is 37.0. The Balaban J connectivity index is 0.000000123. The molecule has 37 nitrogen and oxygen atoms in total. The number of hydrogen-bond acceptors (Lipinski definition) is 35. The van der Waals surface area contributed by atoms with Gasteiger partial charge in [-0.25, -0.2) is 74.1 Å². The molecule has 143 heavy (non-hydrogen) atoms. The number of alkyl halides is 3. The van der Waals surface area contributed by atoms with Gasteiger partial charge in [0.25, 0.3) is 6.43 Å². The van der Waals surface area contributed by atoms with E-state index in [-0.39, 0.29) is 42.3 Å². The predicted octanol–water partition coefficient (Wildman–Crippen LogP) is 14.5. The van der Waals surface area contributed by atoms with Crippen LogP contribution in [-0.4, -0.2) is 309 Å². The number of halogens is 3. The van der Waals surface area contributed by atoms with Crippen molar-refractivity contribution in [3.8, 4) is 46.1 Å². The average Bonchev–Trinajstić information content (AvgIpc) is 1.62. The number of rotatable bonds is 18. The fourth-order valence-electron chi connectivity index (χ4n) is 17.6. The molecule has 5 aliphatic heterocycles. The fraction of sp³-hybridized carbons (Fsp3) is 0.439. The third kappa shape index (κ3) is 25.1. The molecule has 0 amide bonds. The lowest BCUT2D eigenvalue weighted by Crippen LogP contribution is -2.50. The summed E-state index contributed by atoms with van der Waals surface area (Å²) in [5.74, 6) is 8.14. The van der Waals surface area contributed by atoms with E-state index in [9.17, 15) is 34.2 Å². The first-order valence-electron chi connectivity index (χ1n) is 47.0. The number of para-hydroxylation sites is 1. The van der Waals surface area contributed by atoms with E-state index in [1.165, 1.54) is 29.0 Å². The van der Waals surface area contributed by atoms with Crippen LogP contribution in [0.2, 0.25) is 0 Å². The monoisotopic (exact) mass is 2050 g/mol. The summed E-state index contributed by atoms with van der Waals surface area (Å²) in [6, 6.07) is 23.4. The van der Waals surface area contributed by atoms with Crippen LogP contribution in [0, 0.1) is 20.8 Å². The third-order valence-electron chi connectivity index (χ3n) is 24.5. The van der Waals surface area contributed by atoms with Crippen LogP contribution in [-0.2, 0) is 91.6 Å². The van der Waals surface area contributed by atoms with E-state index in [1.807, 2.05) is 114 Å². The number of aryl methyl sites for hydroxylation is 3. The van der Waals surface area contributed by atoms with Crippen LogP contribution in [0.25, 0.3) is 86.4 Å². The van der Waals surface area contributed by atoms with Crippen LogP contribution in [0.5, 0.6) is 0 Å². The molecule has 1 saturated carbocycles. The first-order chi connectivity index (χ1) is 68.3.